The van der Waals surface area contributed by atoms with Crippen molar-refractivity contribution in [3.63, 3.8) is 0 Å². The van der Waals surface area contributed by atoms with Gasteiger partial charge in [-0.15, -0.1) is 0 Å². The van der Waals surface area contributed by atoms with Crippen molar-refractivity contribution in [3.05, 3.63) is 59.8 Å². The number of alkyl halides is 3. The molecule has 180 valence electrons. The monoisotopic (exact) mass is 582 g/mol. The summed E-state index contributed by atoms with van der Waals surface area (Å²) in [5.74, 6) is -0.150. The van der Waals surface area contributed by atoms with Crippen molar-refractivity contribution in [3.8, 4) is 17.0 Å². The Morgan fingerprint density at radius 1 is 1.32 bits per heavy atom. The highest BCUT2D eigenvalue weighted by molar-refractivity contribution is 14.1. The number of aliphatic hydroxyl groups excluding tert-OH is 1. The van der Waals surface area contributed by atoms with Crippen molar-refractivity contribution in [2.75, 3.05) is 30.0 Å². The Hall–Kier alpha value is -2.73. The summed E-state index contributed by atoms with van der Waals surface area (Å²) in [4.78, 5) is 15.4. The molecule has 2 aromatic carbocycles. The van der Waals surface area contributed by atoms with E-state index in [0.29, 0.717) is 17.8 Å². The van der Waals surface area contributed by atoms with E-state index in [9.17, 15) is 18.7 Å². The number of benzene rings is 2. The van der Waals surface area contributed by atoms with Crippen LogP contribution in [0.15, 0.2) is 48.7 Å². The Balaban J connectivity index is 1.62. The highest BCUT2D eigenvalue weighted by Crippen LogP contribution is 2.44. The average molecular weight is 582 g/mol. The number of ether oxygens (including phenoxy) is 1. The number of carbonyl (C=O) groups excluding carboxylic acids is 1. The zero-order valence-corrected chi connectivity index (χ0v) is 20.8. The number of halogens is 3. The molecule has 1 aliphatic rings. The summed E-state index contributed by atoms with van der Waals surface area (Å²) in [7, 11) is 0. The molecule has 0 aliphatic carbocycles. The lowest BCUT2D eigenvalue weighted by atomic mass is 9.95. The lowest BCUT2D eigenvalue weighted by Gasteiger charge is -2.26. The summed E-state index contributed by atoms with van der Waals surface area (Å²) in [6.45, 7) is 4.09. The van der Waals surface area contributed by atoms with Crippen molar-refractivity contribution >= 4 is 39.9 Å². The Labute approximate surface area is 209 Å². The number of rotatable bonds is 8. The van der Waals surface area contributed by atoms with Crippen molar-refractivity contribution in [2.24, 2.45) is 0 Å². The second-order valence-corrected chi connectivity index (χ2v) is 10.0. The van der Waals surface area contributed by atoms with E-state index in [1.54, 1.807) is 18.3 Å². The lowest BCUT2D eigenvalue weighted by Crippen LogP contribution is -2.30. The summed E-state index contributed by atoms with van der Waals surface area (Å²) in [6, 6.07) is 11.9. The number of nitrogens with one attached hydrogen (secondary N) is 2. The number of hydrogen-bond acceptors (Lipinski definition) is 5. The van der Waals surface area contributed by atoms with E-state index >= 15 is 0 Å². The Bertz CT molecular complexity index is 1150. The fraction of sp³-hybridized carbons (Fsp3) is 0.333. The van der Waals surface area contributed by atoms with Gasteiger partial charge in [0.05, 0.1) is 18.0 Å². The molecule has 0 saturated carbocycles. The van der Waals surface area contributed by atoms with Crippen LogP contribution in [-0.2, 0) is 0 Å². The molecule has 10 heteroatoms. The molecular weight excluding hydrogens is 557 g/mol. The Morgan fingerprint density at radius 3 is 2.65 bits per heavy atom. The van der Waals surface area contributed by atoms with E-state index in [2.05, 4.69) is 34.3 Å². The zero-order valence-electron chi connectivity index (χ0n) is 18.7. The van der Waals surface area contributed by atoms with Crippen LogP contribution in [-0.4, -0.2) is 50.9 Å². The molecule has 0 bridgehead atoms. The van der Waals surface area contributed by atoms with Crippen molar-refractivity contribution < 1.29 is 23.4 Å². The minimum absolute atomic E-state index is 0.0264. The minimum Gasteiger partial charge on any atom is -0.486 e. The first-order valence-corrected chi connectivity index (χ1v) is 11.9. The van der Waals surface area contributed by atoms with Gasteiger partial charge in [-0.3, -0.25) is 9.89 Å². The van der Waals surface area contributed by atoms with Gasteiger partial charge >= 0.3 is 3.93 Å². The first kappa shape index (κ1) is 24.4. The predicted molar refractivity (Wildman–Crippen MR) is 135 cm³/mol. The summed E-state index contributed by atoms with van der Waals surface area (Å²) >= 11 is 1.02. The van der Waals surface area contributed by atoms with Gasteiger partial charge < -0.3 is 20.1 Å². The lowest BCUT2D eigenvalue weighted by molar-refractivity contribution is 0.0647. The molecule has 1 aliphatic heterocycles. The quantitative estimate of drug-likeness (QED) is 0.256. The van der Waals surface area contributed by atoms with E-state index in [1.807, 2.05) is 18.2 Å². The number of carbonyl (C=O) groups is 1. The van der Waals surface area contributed by atoms with Gasteiger partial charge in [0, 0.05) is 64.1 Å². The highest BCUT2D eigenvalue weighted by Gasteiger charge is 2.33. The van der Waals surface area contributed by atoms with Gasteiger partial charge in [-0.25, -0.2) is 0 Å². The third-order valence-electron chi connectivity index (χ3n) is 5.70. The third-order valence-corrected chi connectivity index (χ3v) is 6.01. The van der Waals surface area contributed by atoms with Crippen LogP contribution in [0.25, 0.3) is 11.3 Å². The number of amides is 1. The maximum absolute atomic E-state index is 13.1. The molecule has 7 nitrogen and oxygen atoms in total. The van der Waals surface area contributed by atoms with Crippen LogP contribution in [0, 0.1) is 0 Å². The molecular formula is C24H25F2IN4O3. The smallest absolute Gasteiger partial charge is 0.329 e. The number of anilines is 2. The highest BCUT2D eigenvalue weighted by atomic mass is 127. The van der Waals surface area contributed by atoms with Gasteiger partial charge in [0.1, 0.15) is 5.75 Å². The molecule has 3 N–H and O–H groups in total. The molecule has 1 aromatic heterocycles. The maximum Gasteiger partial charge on any atom is 0.329 e. The number of H-pyrrole nitrogens is 1. The van der Waals surface area contributed by atoms with Gasteiger partial charge in [-0.2, -0.15) is 13.9 Å². The Kier molecular flexibility index (Phi) is 7.08. The second-order valence-electron chi connectivity index (χ2n) is 8.44. The van der Waals surface area contributed by atoms with E-state index in [4.69, 9.17) is 4.74 Å². The van der Waals surface area contributed by atoms with Crippen molar-refractivity contribution in [1.29, 1.82) is 0 Å². The number of aromatic nitrogens is 2. The van der Waals surface area contributed by atoms with Crippen LogP contribution in [0.3, 0.4) is 0 Å². The topological polar surface area (TPSA) is 90.5 Å². The molecule has 0 radical (unpaired) electrons. The second kappa shape index (κ2) is 9.87. The van der Waals surface area contributed by atoms with E-state index < -0.39 is 10.5 Å². The van der Waals surface area contributed by atoms with E-state index in [-0.39, 0.29) is 30.2 Å². The molecule has 0 spiro atoms. The number of aliphatic hydroxyl groups is 1. The van der Waals surface area contributed by atoms with Crippen LogP contribution in [0.4, 0.5) is 20.2 Å². The maximum atomic E-state index is 13.1. The van der Waals surface area contributed by atoms with Crippen LogP contribution in [0.5, 0.6) is 5.75 Å². The van der Waals surface area contributed by atoms with Gasteiger partial charge in [-0.05, 0) is 61.9 Å². The summed E-state index contributed by atoms with van der Waals surface area (Å²) in [5, 5.41) is 19.9. The van der Waals surface area contributed by atoms with Crippen LogP contribution < -0.4 is 15.0 Å². The van der Waals surface area contributed by atoms with E-state index in [0.717, 1.165) is 45.1 Å². The van der Waals surface area contributed by atoms with Crippen LogP contribution in [0.2, 0.25) is 0 Å². The molecule has 2 heterocycles. The number of hydrogen-bond donors (Lipinski definition) is 3. The average Bonchev–Trinajstić information content (AvgIpc) is 3.45. The molecule has 4 rings (SSSR count). The number of fused-ring (bicyclic) bond motifs is 1. The Morgan fingerprint density at radius 2 is 2.06 bits per heavy atom. The third kappa shape index (κ3) is 5.33. The van der Waals surface area contributed by atoms with Gasteiger partial charge in [-0.1, -0.05) is 0 Å². The fourth-order valence-electron chi connectivity index (χ4n) is 4.09. The van der Waals surface area contributed by atoms with Gasteiger partial charge in [0.25, 0.3) is 5.91 Å². The number of nitrogens with zero attached hydrogens (tertiary/aromatic N) is 2. The molecule has 1 atom stereocenters. The molecule has 0 saturated heterocycles. The number of aromatic amines is 1. The summed E-state index contributed by atoms with van der Waals surface area (Å²) in [5.41, 5.74) is 4.47. The van der Waals surface area contributed by atoms with Crippen molar-refractivity contribution in [2.45, 2.75) is 29.7 Å². The summed E-state index contributed by atoms with van der Waals surface area (Å²) < 4.78 is 28.1. The van der Waals surface area contributed by atoms with Crippen molar-refractivity contribution in [1.82, 2.24) is 10.2 Å². The molecule has 3 aromatic rings. The first-order chi connectivity index (χ1) is 16.2. The minimum atomic E-state index is -2.96. The standard InChI is InChI=1S/C24H25F2IN4O3/c1-14(2)31-11-16(12-32)19-9-15(10-20(22(19)31)21-7-8-28-30-21)23(33)29-17-3-5-18(6-4-17)34-13-24(25,26)27/h3-10,14,16,32H,11-13H2,1-2H3,(H,28,30)(H,29,33). The predicted octanol–water partition coefficient (Wildman–Crippen LogP) is 5.04. The molecule has 1 amide bonds. The molecule has 34 heavy (non-hydrogen) atoms. The van der Waals surface area contributed by atoms with Gasteiger partial charge in [0.2, 0.25) is 0 Å². The molecule has 1 unspecified atom stereocenters. The van der Waals surface area contributed by atoms with Crippen LogP contribution >= 0.6 is 22.6 Å². The first-order valence-electron chi connectivity index (χ1n) is 10.8. The van der Waals surface area contributed by atoms with Crippen LogP contribution in [0.1, 0.15) is 35.7 Å². The van der Waals surface area contributed by atoms with E-state index in [1.165, 1.54) is 12.1 Å². The SMILES string of the molecule is CC(C)N1CC(CO)c2cc(C(=O)Nc3ccc(OCC(F)(F)I)cc3)cc(-c3ccn[nH]3)c21. The fourth-order valence-corrected chi connectivity index (χ4v) is 4.24. The molecule has 0 fully saturated rings. The van der Waals surface area contributed by atoms with Gasteiger partial charge in [0.15, 0.2) is 6.61 Å². The normalized spacial score (nSPS) is 15.5. The largest absolute Gasteiger partial charge is 0.486 e. The zero-order chi connectivity index (χ0) is 24.5. The summed E-state index contributed by atoms with van der Waals surface area (Å²) in [6.07, 6.45) is 1.66.